The Hall–Kier alpha value is -3.72. The van der Waals surface area contributed by atoms with Gasteiger partial charge in [0.15, 0.2) is 11.6 Å². The minimum atomic E-state index is -3.85. The van der Waals surface area contributed by atoms with Crippen molar-refractivity contribution >= 4 is 33.1 Å². The van der Waals surface area contributed by atoms with Crippen molar-refractivity contribution in [2.24, 2.45) is 0 Å². The third-order valence-corrected chi connectivity index (χ3v) is 5.64. The van der Waals surface area contributed by atoms with E-state index in [0.29, 0.717) is 22.6 Å². The van der Waals surface area contributed by atoms with E-state index in [-0.39, 0.29) is 28.0 Å². The number of hydrogen-bond donors (Lipinski definition) is 2. The van der Waals surface area contributed by atoms with Crippen molar-refractivity contribution in [3.63, 3.8) is 0 Å². The first-order valence-corrected chi connectivity index (χ1v) is 10.0. The molecule has 0 atom stereocenters. The standard InChI is InChI=1S/C20H15N3O5S/c1-12-10-19(22-28-12)23-29(26,27)14-8-6-13(7-9-14)21-17-11-18(24)15-4-2-3-5-16(15)20(17)25/h2-11,21H,1H3,(H,22,23). The van der Waals surface area contributed by atoms with Crippen LogP contribution in [0.2, 0.25) is 0 Å². The van der Waals surface area contributed by atoms with Gasteiger partial charge >= 0.3 is 0 Å². The summed E-state index contributed by atoms with van der Waals surface area (Å²) in [6, 6.07) is 13.8. The zero-order valence-corrected chi connectivity index (χ0v) is 16.0. The maximum absolute atomic E-state index is 12.6. The third kappa shape index (κ3) is 3.67. The Morgan fingerprint density at radius 1 is 0.966 bits per heavy atom. The van der Waals surface area contributed by atoms with Crippen LogP contribution >= 0.6 is 0 Å². The smallest absolute Gasteiger partial charge is 0.263 e. The highest BCUT2D eigenvalue weighted by atomic mass is 32.2. The monoisotopic (exact) mass is 409 g/mol. The summed E-state index contributed by atoms with van der Waals surface area (Å²) < 4.78 is 32.0. The van der Waals surface area contributed by atoms with Gasteiger partial charge in [0.2, 0.25) is 5.78 Å². The molecule has 2 aromatic carbocycles. The van der Waals surface area contributed by atoms with Crippen LogP contribution in [0.15, 0.2) is 75.8 Å². The molecule has 0 spiro atoms. The lowest BCUT2D eigenvalue weighted by atomic mass is 9.92. The van der Waals surface area contributed by atoms with Crippen LogP contribution < -0.4 is 10.0 Å². The minimum absolute atomic E-state index is 0.00840. The summed E-state index contributed by atoms with van der Waals surface area (Å²) in [6.07, 6.45) is 1.24. The SMILES string of the molecule is Cc1cc(NS(=O)(=O)c2ccc(NC3=CC(=O)c4ccccc4C3=O)cc2)no1. The molecule has 2 N–H and O–H groups in total. The highest BCUT2D eigenvalue weighted by molar-refractivity contribution is 7.92. The molecule has 0 saturated heterocycles. The Labute approximate surface area is 166 Å². The average Bonchev–Trinajstić information content (AvgIpc) is 3.10. The van der Waals surface area contributed by atoms with Crippen LogP contribution in [0.25, 0.3) is 0 Å². The number of rotatable bonds is 5. The van der Waals surface area contributed by atoms with E-state index in [1.165, 1.54) is 36.4 Å². The second-order valence-corrected chi connectivity index (χ2v) is 8.06. The van der Waals surface area contributed by atoms with Crippen molar-refractivity contribution in [2.75, 3.05) is 10.0 Å². The lowest BCUT2D eigenvalue weighted by Crippen LogP contribution is -2.21. The van der Waals surface area contributed by atoms with Crippen LogP contribution in [0.3, 0.4) is 0 Å². The van der Waals surface area contributed by atoms with Crippen molar-refractivity contribution in [2.45, 2.75) is 11.8 Å². The topological polar surface area (TPSA) is 118 Å². The van der Waals surface area contributed by atoms with Crippen LogP contribution in [0.4, 0.5) is 11.5 Å². The summed E-state index contributed by atoms with van der Waals surface area (Å²) >= 11 is 0. The van der Waals surface area contributed by atoms with E-state index in [1.54, 1.807) is 31.2 Å². The van der Waals surface area contributed by atoms with E-state index in [9.17, 15) is 18.0 Å². The van der Waals surface area contributed by atoms with E-state index < -0.39 is 10.0 Å². The first-order chi connectivity index (χ1) is 13.8. The molecule has 0 amide bonds. The Morgan fingerprint density at radius 2 is 1.66 bits per heavy atom. The third-order valence-electron chi connectivity index (χ3n) is 4.27. The number of hydrogen-bond acceptors (Lipinski definition) is 7. The number of sulfonamides is 1. The van der Waals surface area contributed by atoms with Crippen molar-refractivity contribution < 1.29 is 22.5 Å². The molecule has 0 radical (unpaired) electrons. The van der Waals surface area contributed by atoms with Gasteiger partial charge < -0.3 is 9.84 Å². The fourth-order valence-corrected chi connectivity index (χ4v) is 3.88. The number of aromatic nitrogens is 1. The van der Waals surface area contributed by atoms with E-state index in [0.717, 1.165) is 0 Å². The Bertz CT molecular complexity index is 1260. The van der Waals surface area contributed by atoms with Gasteiger partial charge in [-0.1, -0.05) is 29.4 Å². The minimum Gasteiger partial charge on any atom is -0.360 e. The van der Waals surface area contributed by atoms with Crippen LogP contribution in [-0.2, 0) is 10.0 Å². The molecular weight excluding hydrogens is 394 g/mol. The number of carbonyl (C=O) groups is 2. The summed E-state index contributed by atoms with van der Waals surface area (Å²) in [5.41, 5.74) is 1.28. The maximum Gasteiger partial charge on any atom is 0.263 e. The highest BCUT2D eigenvalue weighted by Crippen LogP contribution is 2.24. The van der Waals surface area contributed by atoms with Crippen LogP contribution in [0, 0.1) is 6.92 Å². The first kappa shape index (κ1) is 18.6. The molecule has 1 aliphatic rings. The quantitative estimate of drug-likeness (QED) is 0.664. The molecule has 9 heteroatoms. The van der Waals surface area contributed by atoms with E-state index in [1.807, 2.05) is 0 Å². The maximum atomic E-state index is 12.6. The number of ketones is 2. The number of carbonyl (C=O) groups excluding carboxylic acids is 2. The zero-order valence-electron chi connectivity index (χ0n) is 15.2. The first-order valence-electron chi connectivity index (χ1n) is 8.56. The number of anilines is 2. The Morgan fingerprint density at radius 3 is 2.31 bits per heavy atom. The molecular formula is C20H15N3O5S. The van der Waals surface area contributed by atoms with E-state index in [4.69, 9.17) is 4.52 Å². The molecule has 8 nitrogen and oxygen atoms in total. The predicted molar refractivity (Wildman–Crippen MR) is 105 cm³/mol. The van der Waals surface area contributed by atoms with Crippen molar-refractivity contribution in [1.82, 2.24) is 5.16 Å². The lowest BCUT2D eigenvalue weighted by Gasteiger charge is -2.16. The molecule has 0 fully saturated rings. The van der Waals surface area contributed by atoms with Crippen molar-refractivity contribution in [3.05, 3.63) is 83.3 Å². The van der Waals surface area contributed by atoms with Crippen molar-refractivity contribution in [3.8, 4) is 0 Å². The largest absolute Gasteiger partial charge is 0.360 e. The summed E-state index contributed by atoms with van der Waals surface area (Å²) in [7, 11) is -3.85. The van der Waals surface area contributed by atoms with Gasteiger partial charge in [-0.25, -0.2) is 8.42 Å². The second kappa shape index (κ2) is 7.02. The van der Waals surface area contributed by atoms with E-state index >= 15 is 0 Å². The van der Waals surface area contributed by atoms with Crippen LogP contribution in [0.5, 0.6) is 0 Å². The Balaban J connectivity index is 1.53. The molecule has 0 saturated carbocycles. The molecule has 0 unspecified atom stereocenters. The Kier molecular flexibility index (Phi) is 4.51. The van der Waals surface area contributed by atoms with Gasteiger partial charge in [-0.15, -0.1) is 0 Å². The number of Topliss-reactive ketones (excluding diaryl/α,β-unsaturated/α-hetero) is 1. The molecule has 0 aliphatic heterocycles. The van der Waals surface area contributed by atoms with Gasteiger partial charge in [0.25, 0.3) is 10.0 Å². The van der Waals surface area contributed by atoms with Gasteiger partial charge in [-0.2, -0.15) is 0 Å². The summed E-state index contributed by atoms with van der Waals surface area (Å²) in [4.78, 5) is 24.8. The van der Waals surface area contributed by atoms with Crippen LogP contribution in [-0.4, -0.2) is 25.1 Å². The summed E-state index contributed by atoms with van der Waals surface area (Å²) in [6.45, 7) is 1.65. The molecule has 3 aromatic rings. The zero-order chi connectivity index (χ0) is 20.6. The lowest BCUT2D eigenvalue weighted by molar-refractivity contribution is 0.0985. The molecule has 1 aromatic heterocycles. The number of fused-ring (bicyclic) bond motifs is 1. The van der Waals surface area contributed by atoms with Gasteiger partial charge in [0, 0.05) is 29.0 Å². The molecule has 146 valence electrons. The second-order valence-electron chi connectivity index (χ2n) is 6.37. The van der Waals surface area contributed by atoms with E-state index in [2.05, 4.69) is 15.2 Å². The van der Waals surface area contributed by atoms with Gasteiger partial charge in [-0.3, -0.25) is 14.3 Å². The molecule has 29 heavy (non-hydrogen) atoms. The number of benzene rings is 2. The number of nitrogens with zero attached hydrogens (tertiary/aromatic N) is 1. The number of nitrogens with one attached hydrogen (secondary N) is 2. The fraction of sp³-hybridized carbons (Fsp3) is 0.0500. The summed E-state index contributed by atoms with van der Waals surface area (Å²) in [5.74, 6) is -0.0161. The molecule has 4 rings (SSSR count). The van der Waals surface area contributed by atoms with Gasteiger partial charge in [0.05, 0.1) is 10.6 Å². The average molecular weight is 409 g/mol. The van der Waals surface area contributed by atoms with Crippen LogP contribution in [0.1, 0.15) is 26.5 Å². The number of allylic oxidation sites excluding steroid dienone is 2. The molecule has 1 heterocycles. The predicted octanol–water partition coefficient (Wildman–Crippen LogP) is 3.16. The summed E-state index contributed by atoms with van der Waals surface area (Å²) in [5, 5.41) is 6.48. The fourth-order valence-electron chi connectivity index (χ4n) is 2.89. The van der Waals surface area contributed by atoms with Gasteiger partial charge in [-0.05, 0) is 31.2 Å². The molecule has 0 bridgehead atoms. The molecule has 1 aliphatic carbocycles. The van der Waals surface area contributed by atoms with Gasteiger partial charge in [0.1, 0.15) is 5.76 Å². The van der Waals surface area contributed by atoms with Crippen molar-refractivity contribution in [1.29, 1.82) is 0 Å². The highest BCUT2D eigenvalue weighted by Gasteiger charge is 2.25. The normalized spacial score (nSPS) is 13.6. The number of aryl methyl sites for hydroxylation is 1.